The molecule has 2 unspecified atom stereocenters. The van der Waals surface area contributed by atoms with Crippen LogP contribution in [0.1, 0.15) is 69.3 Å². The molecule has 206 valence electrons. The number of ether oxygens (including phenoxy) is 1. The van der Waals surface area contributed by atoms with Gasteiger partial charge in [-0.25, -0.2) is 13.2 Å². The van der Waals surface area contributed by atoms with Crippen molar-refractivity contribution in [3.05, 3.63) is 89.7 Å². The molecule has 2 aromatic carbocycles. The van der Waals surface area contributed by atoms with Gasteiger partial charge in [0, 0.05) is 31.8 Å². The van der Waals surface area contributed by atoms with Crippen LogP contribution in [0.25, 0.3) is 11.1 Å². The lowest BCUT2D eigenvalue weighted by Gasteiger charge is -2.45. The third-order valence-corrected chi connectivity index (χ3v) is 10.2. The van der Waals surface area contributed by atoms with Crippen LogP contribution in [0.3, 0.4) is 0 Å². The standard InChI is InChI=1S/C31H36N2O5S/c1-22(33-19-17-30(38-28(33)34,21-29(2,3)35)26-8-6-5-7-9-26)23-10-12-24(13-11-23)25-14-18-32-27(20-25)31(15-16-31)39(4,36)37/h5-14,18,20,22,35H,15-17,19,21H2,1-4H3. The molecular formula is C31H36N2O5S. The highest BCUT2D eigenvalue weighted by Gasteiger charge is 2.54. The second-order valence-electron chi connectivity index (χ2n) is 11.7. The van der Waals surface area contributed by atoms with Crippen molar-refractivity contribution in [1.82, 2.24) is 9.88 Å². The van der Waals surface area contributed by atoms with Crippen molar-refractivity contribution < 1.29 is 23.1 Å². The quantitative estimate of drug-likeness (QED) is 0.386. The third kappa shape index (κ3) is 5.32. The van der Waals surface area contributed by atoms with Crippen LogP contribution in [0.5, 0.6) is 0 Å². The van der Waals surface area contributed by atoms with Gasteiger partial charge in [-0.1, -0.05) is 54.6 Å². The minimum atomic E-state index is -3.24. The molecule has 2 heterocycles. The number of aliphatic hydroxyl groups is 1. The molecule has 1 N–H and O–H groups in total. The van der Waals surface area contributed by atoms with Gasteiger partial charge in [-0.05, 0) is 68.0 Å². The summed E-state index contributed by atoms with van der Waals surface area (Å²) < 4.78 is 30.0. The van der Waals surface area contributed by atoms with Crippen LogP contribution in [0, 0.1) is 0 Å². The number of cyclic esters (lactones) is 1. The molecule has 1 saturated heterocycles. The molecule has 0 bridgehead atoms. The van der Waals surface area contributed by atoms with Crippen molar-refractivity contribution in [1.29, 1.82) is 0 Å². The van der Waals surface area contributed by atoms with Crippen LogP contribution in [-0.2, 0) is 24.9 Å². The highest BCUT2D eigenvalue weighted by atomic mass is 32.2. The lowest BCUT2D eigenvalue weighted by atomic mass is 9.80. The molecule has 0 radical (unpaired) electrons. The summed E-state index contributed by atoms with van der Waals surface area (Å²) in [5.41, 5.74) is 2.42. The summed E-state index contributed by atoms with van der Waals surface area (Å²) in [6, 6.07) is 21.2. The average Bonchev–Trinajstić information content (AvgIpc) is 3.71. The molecule has 3 aromatic rings. The van der Waals surface area contributed by atoms with Gasteiger partial charge in [-0.3, -0.25) is 4.98 Å². The van der Waals surface area contributed by atoms with Gasteiger partial charge in [0.25, 0.3) is 0 Å². The maximum atomic E-state index is 13.4. The van der Waals surface area contributed by atoms with Crippen LogP contribution < -0.4 is 0 Å². The van der Waals surface area contributed by atoms with E-state index in [2.05, 4.69) is 4.98 Å². The van der Waals surface area contributed by atoms with E-state index in [0.29, 0.717) is 37.9 Å². The third-order valence-electron chi connectivity index (χ3n) is 8.13. The molecule has 7 nitrogen and oxygen atoms in total. The average molecular weight is 549 g/mol. The summed E-state index contributed by atoms with van der Waals surface area (Å²) >= 11 is 0. The Hall–Kier alpha value is -3.23. The highest BCUT2D eigenvalue weighted by Crippen LogP contribution is 2.52. The number of rotatable bonds is 8. The molecule has 39 heavy (non-hydrogen) atoms. The summed E-state index contributed by atoms with van der Waals surface area (Å²) in [6.45, 7) is 5.95. The topological polar surface area (TPSA) is 96.8 Å². The molecule has 2 aliphatic rings. The monoisotopic (exact) mass is 548 g/mol. The fourth-order valence-corrected chi connectivity index (χ4v) is 7.15. The fraction of sp³-hybridized carbons (Fsp3) is 0.419. The lowest BCUT2D eigenvalue weighted by Crippen LogP contribution is -2.51. The zero-order valence-electron chi connectivity index (χ0n) is 22.9. The van der Waals surface area contributed by atoms with Crippen molar-refractivity contribution in [2.45, 2.75) is 68.4 Å². The van der Waals surface area contributed by atoms with Crippen molar-refractivity contribution in [3.8, 4) is 11.1 Å². The largest absolute Gasteiger partial charge is 0.438 e. The lowest BCUT2D eigenvalue weighted by molar-refractivity contribution is -0.101. The van der Waals surface area contributed by atoms with E-state index in [1.165, 1.54) is 6.26 Å². The van der Waals surface area contributed by atoms with Crippen LogP contribution >= 0.6 is 0 Å². The first kappa shape index (κ1) is 27.3. The Morgan fingerprint density at radius 3 is 2.26 bits per heavy atom. The van der Waals surface area contributed by atoms with Crippen LogP contribution in [0.15, 0.2) is 72.9 Å². The molecule has 2 fully saturated rings. The number of amides is 1. The first-order chi connectivity index (χ1) is 18.3. The van der Waals surface area contributed by atoms with Gasteiger partial charge in [-0.15, -0.1) is 0 Å². The Bertz CT molecular complexity index is 1460. The van der Waals surface area contributed by atoms with E-state index in [4.69, 9.17) is 4.74 Å². The Morgan fingerprint density at radius 2 is 1.69 bits per heavy atom. The predicted octanol–water partition coefficient (Wildman–Crippen LogP) is 5.74. The minimum absolute atomic E-state index is 0.213. The molecule has 2 atom stereocenters. The molecule has 1 aliphatic carbocycles. The van der Waals surface area contributed by atoms with E-state index in [0.717, 1.165) is 22.3 Å². The Labute approximate surface area is 230 Å². The number of sulfone groups is 1. The van der Waals surface area contributed by atoms with E-state index >= 15 is 0 Å². The van der Waals surface area contributed by atoms with Crippen molar-refractivity contribution in [3.63, 3.8) is 0 Å². The van der Waals surface area contributed by atoms with Crippen molar-refractivity contribution in [2.24, 2.45) is 0 Å². The summed E-state index contributed by atoms with van der Waals surface area (Å²) in [5, 5.41) is 10.6. The van der Waals surface area contributed by atoms with Gasteiger partial charge in [0.2, 0.25) is 0 Å². The maximum absolute atomic E-state index is 13.4. The van der Waals surface area contributed by atoms with Gasteiger partial charge in [0.05, 0.1) is 17.3 Å². The van der Waals surface area contributed by atoms with E-state index in [1.54, 1.807) is 24.9 Å². The number of hydrogen-bond acceptors (Lipinski definition) is 6. The van der Waals surface area contributed by atoms with E-state index in [-0.39, 0.29) is 6.04 Å². The zero-order valence-corrected chi connectivity index (χ0v) is 23.7. The Balaban J connectivity index is 1.34. The first-order valence-electron chi connectivity index (χ1n) is 13.4. The molecule has 8 heteroatoms. The molecule has 1 aliphatic heterocycles. The minimum Gasteiger partial charge on any atom is -0.438 e. The van der Waals surface area contributed by atoms with E-state index in [1.807, 2.05) is 73.7 Å². The number of hydrogen-bond donors (Lipinski definition) is 1. The SMILES string of the molecule is CC(c1ccc(-c2ccnc(C3(S(C)(=O)=O)CC3)c2)cc1)N1CCC(CC(C)(C)O)(c2ccccc2)OC1=O. The number of aromatic nitrogens is 1. The summed E-state index contributed by atoms with van der Waals surface area (Å²) in [4.78, 5) is 19.5. The summed E-state index contributed by atoms with van der Waals surface area (Å²) in [6.07, 6.45) is 4.63. The first-order valence-corrected chi connectivity index (χ1v) is 15.3. The van der Waals surface area contributed by atoms with E-state index < -0.39 is 31.9 Å². The molecule has 1 amide bonds. The predicted molar refractivity (Wildman–Crippen MR) is 151 cm³/mol. The number of carbonyl (C=O) groups excluding carboxylic acids is 1. The maximum Gasteiger partial charge on any atom is 0.411 e. The fourth-order valence-electron chi connectivity index (χ4n) is 5.82. The van der Waals surface area contributed by atoms with Crippen LogP contribution in [0.4, 0.5) is 4.79 Å². The smallest absolute Gasteiger partial charge is 0.411 e. The van der Waals surface area contributed by atoms with Gasteiger partial charge in [-0.2, -0.15) is 0 Å². The van der Waals surface area contributed by atoms with E-state index in [9.17, 15) is 18.3 Å². The van der Waals surface area contributed by atoms with Gasteiger partial charge < -0.3 is 14.7 Å². The Kier molecular flexibility index (Phi) is 6.84. The molecular weight excluding hydrogens is 512 g/mol. The number of pyridine rings is 1. The van der Waals surface area contributed by atoms with Crippen LogP contribution in [-0.4, -0.2) is 47.9 Å². The molecule has 5 rings (SSSR count). The second-order valence-corrected chi connectivity index (χ2v) is 14.0. The zero-order chi connectivity index (χ0) is 28.1. The second kappa shape index (κ2) is 9.75. The highest BCUT2D eigenvalue weighted by molar-refractivity contribution is 7.91. The van der Waals surface area contributed by atoms with Crippen molar-refractivity contribution in [2.75, 3.05) is 12.8 Å². The molecule has 1 aromatic heterocycles. The summed E-state index contributed by atoms with van der Waals surface area (Å²) in [7, 11) is -3.24. The van der Waals surface area contributed by atoms with Gasteiger partial charge in [0.1, 0.15) is 10.3 Å². The number of nitrogens with zero attached hydrogens (tertiary/aromatic N) is 2. The molecule has 1 saturated carbocycles. The normalized spacial score (nSPS) is 21.8. The molecule has 0 spiro atoms. The van der Waals surface area contributed by atoms with Gasteiger partial charge >= 0.3 is 6.09 Å². The Morgan fingerprint density at radius 1 is 1.03 bits per heavy atom. The number of carbonyl (C=O) groups is 1. The van der Waals surface area contributed by atoms with Crippen LogP contribution in [0.2, 0.25) is 0 Å². The number of benzene rings is 2. The van der Waals surface area contributed by atoms with Gasteiger partial charge in [0.15, 0.2) is 9.84 Å². The summed E-state index contributed by atoms with van der Waals surface area (Å²) in [5.74, 6) is 0. The van der Waals surface area contributed by atoms with Crippen molar-refractivity contribution >= 4 is 15.9 Å².